The van der Waals surface area contributed by atoms with Crippen molar-refractivity contribution in [1.29, 1.82) is 0 Å². The first kappa shape index (κ1) is 17.7. The van der Waals surface area contributed by atoms with Crippen LogP contribution in [0, 0.1) is 0 Å². The number of nitrogens with one attached hydrogen (secondary N) is 1. The molecule has 3 aromatic rings. The van der Waals surface area contributed by atoms with Crippen molar-refractivity contribution in [2.45, 2.75) is 38.3 Å². The maximum Gasteiger partial charge on any atom is 0.291 e. The van der Waals surface area contributed by atoms with Crippen molar-refractivity contribution in [2.75, 3.05) is 13.2 Å². The molecular weight excluding hydrogens is 344 g/mol. The van der Waals surface area contributed by atoms with Crippen LogP contribution in [0.3, 0.4) is 0 Å². The lowest BCUT2D eigenvalue weighted by molar-refractivity contribution is -0.124. The predicted octanol–water partition coefficient (Wildman–Crippen LogP) is 2.13. The zero-order chi connectivity index (χ0) is 19.0. The van der Waals surface area contributed by atoms with Crippen LogP contribution in [-0.4, -0.2) is 39.5 Å². The van der Waals surface area contributed by atoms with Gasteiger partial charge in [-0.3, -0.25) is 9.59 Å². The van der Waals surface area contributed by atoms with Gasteiger partial charge >= 0.3 is 0 Å². The Labute approximate surface area is 156 Å². The van der Waals surface area contributed by atoms with E-state index in [4.69, 9.17) is 4.74 Å². The first-order chi connectivity index (χ1) is 13.1. The summed E-state index contributed by atoms with van der Waals surface area (Å²) in [4.78, 5) is 25.9. The highest BCUT2D eigenvalue weighted by atomic mass is 16.5. The number of fused-ring (bicyclic) bond motifs is 3. The number of aromatic nitrogens is 3. The van der Waals surface area contributed by atoms with Gasteiger partial charge in [-0.2, -0.15) is 5.10 Å². The Morgan fingerprint density at radius 1 is 1.37 bits per heavy atom. The van der Waals surface area contributed by atoms with E-state index >= 15 is 0 Å². The third kappa shape index (κ3) is 3.02. The molecule has 0 bridgehead atoms. The van der Waals surface area contributed by atoms with Gasteiger partial charge in [-0.1, -0.05) is 25.1 Å². The van der Waals surface area contributed by atoms with Gasteiger partial charge in [0.25, 0.3) is 5.56 Å². The summed E-state index contributed by atoms with van der Waals surface area (Å²) in [5, 5.41) is 8.89. The van der Waals surface area contributed by atoms with E-state index in [9.17, 15) is 9.59 Å². The number of nitrogens with zero attached hydrogens (tertiary/aromatic N) is 3. The van der Waals surface area contributed by atoms with Gasteiger partial charge in [-0.25, -0.2) is 4.68 Å². The van der Waals surface area contributed by atoms with Gasteiger partial charge in [0.05, 0.1) is 17.8 Å². The van der Waals surface area contributed by atoms with E-state index in [1.165, 1.54) is 4.68 Å². The number of carbonyl (C=O) groups is 1. The fourth-order valence-corrected chi connectivity index (χ4v) is 3.93. The molecule has 4 rings (SSSR count). The van der Waals surface area contributed by atoms with Gasteiger partial charge in [0, 0.05) is 31.0 Å². The molecule has 0 saturated carbocycles. The second-order valence-electron chi connectivity index (χ2n) is 7.03. The molecule has 2 atom stereocenters. The molecule has 1 aliphatic rings. The fourth-order valence-electron chi connectivity index (χ4n) is 3.93. The minimum atomic E-state index is -0.469. The molecule has 1 saturated heterocycles. The summed E-state index contributed by atoms with van der Waals surface area (Å²) >= 11 is 0. The molecule has 1 aromatic carbocycles. The minimum absolute atomic E-state index is 0.0849. The monoisotopic (exact) mass is 368 g/mol. The normalized spacial score (nSPS) is 18.2. The van der Waals surface area contributed by atoms with E-state index in [0.29, 0.717) is 18.5 Å². The topological polar surface area (TPSA) is 78.2 Å². The van der Waals surface area contributed by atoms with Gasteiger partial charge in [-0.15, -0.1) is 0 Å². The molecule has 7 heteroatoms. The number of amides is 1. The number of benzene rings is 1. The van der Waals surface area contributed by atoms with Gasteiger partial charge in [0.2, 0.25) is 5.91 Å². The van der Waals surface area contributed by atoms with E-state index in [1.807, 2.05) is 35.8 Å². The molecule has 1 aliphatic heterocycles. The zero-order valence-corrected chi connectivity index (χ0v) is 15.6. The van der Waals surface area contributed by atoms with Crippen LogP contribution in [0.15, 0.2) is 35.3 Å². The van der Waals surface area contributed by atoms with Crippen LogP contribution in [0.4, 0.5) is 0 Å². The molecule has 0 aliphatic carbocycles. The third-order valence-corrected chi connectivity index (χ3v) is 5.34. The largest absolute Gasteiger partial charge is 0.376 e. The molecule has 1 amide bonds. The summed E-state index contributed by atoms with van der Waals surface area (Å²) in [6.45, 7) is 3.22. The fraction of sp³-hybridized carbons (Fsp3) is 0.450. The molecule has 1 fully saturated rings. The van der Waals surface area contributed by atoms with Crippen molar-refractivity contribution in [2.24, 2.45) is 7.05 Å². The highest BCUT2D eigenvalue weighted by Gasteiger charge is 2.26. The predicted molar refractivity (Wildman–Crippen MR) is 104 cm³/mol. The average Bonchev–Trinajstić information content (AvgIpc) is 3.31. The SMILES string of the molecule is CC[C@H](C(=O)NC[C@@H]1CCCO1)n1c2ccccc2c2cnn(C)c(=O)c21. The Morgan fingerprint density at radius 3 is 2.93 bits per heavy atom. The molecule has 27 heavy (non-hydrogen) atoms. The Hall–Kier alpha value is -2.67. The van der Waals surface area contributed by atoms with Gasteiger partial charge in [-0.05, 0) is 25.3 Å². The first-order valence-electron chi connectivity index (χ1n) is 9.46. The van der Waals surface area contributed by atoms with E-state index < -0.39 is 6.04 Å². The second-order valence-corrected chi connectivity index (χ2v) is 7.03. The summed E-state index contributed by atoms with van der Waals surface area (Å²) in [6.07, 6.45) is 4.37. The lowest BCUT2D eigenvalue weighted by Crippen LogP contribution is -2.37. The van der Waals surface area contributed by atoms with Crippen LogP contribution in [0.5, 0.6) is 0 Å². The second kappa shape index (κ2) is 7.15. The van der Waals surface area contributed by atoms with Crippen molar-refractivity contribution in [3.8, 4) is 0 Å². The van der Waals surface area contributed by atoms with Crippen molar-refractivity contribution >= 4 is 27.7 Å². The maximum atomic E-state index is 13.0. The maximum absolute atomic E-state index is 13.0. The molecule has 1 N–H and O–H groups in total. The lowest BCUT2D eigenvalue weighted by atomic mass is 10.1. The quantitative estimate of drug-likeness (QED) is 0.748. The smallest absolute Gasteiger partial charge is 0.291 e. The van der Waals surface area contributed by atoms with Crippen molar-refractivity contribution in [3.63, 3.8) is 0 Å². The number of hydrogen-bond donors (Lipinski definition) is 1. The standard InChI is InChI=1S/C20H24N4O3/c1-3-16(19(25)21-11-13-7-6-10-27-13)24-17-9-5-4-8-14(17)15-12-22-23(2)20(26)18(15)24/h4-5,8-9,12-13,16H,3,6-7,10-11H2,1-2H3,(H,21,25)/t13-,16+/m0/s1. The lowest BCUT2D eigenvalue weighted by Gasteiger charge is -2.20. The molecule has 0 spiro atoms. The Kier molecular flexibility index (Phi) is 4.70. The van der Waals surface area contributed by atoms with E-state index in [1.54, 1.807) is 13.2 Å². The number of rotatable bonds is 5. The summed E-state index contributed by atoms with van der Waals surface area (Å²) in [7, 11) is 1.63. The van der Waals surface area contributed by atoms with Crippen molar-refractivity contribution in [1.82, 2.24) is 19.7 Å². The first-order valence-corrected chi connectivity index (χ1v) is 9.46. The summed E-state index contributed by atoms with van der Waals surface area (Å²) in [6, 6.07) is 7.30. The third-order valence-electron chi connectivity index (χ3n) is 5.34. The molecular formula is C20H24N4O3. The van der Waals surface area contributed by atoms with Crippen molar-refractivity contribution < 1.29 is 9.53 Å². The molecule has 0 radical (unpaired) electrons. The van der Waals surface area contributed by atoms with Crippen LogP contribution in [-0.2, 0) is 16.6 Å². The van der Waals surface area contributed by atoms with E-state index in [0.717, 1.165) is 35.7 Å². The van der Waals surface area contributed by atoms with Crippen molar-refractivity contribution in [3.05, 3.63) is 40.8 Å². The Balaban J connectivity index is 1.80. The number of carbonyl (C=O) groups excluding carboxylic acids is 1. The zero-order valence-electron chi connectivity index (χ0n) is 15.6. The number of aryl methyl sites for hydroxylation is 1. The minimum Gasteiger partial charge on any atom is -0.376 e. The van der Waals surface area contributed by atoms with Gasteiger partial charge < -0.3 is 14.6 Å². The summed E-state index contributed by atoms with van der Waals surface area (Å²) in [5.41, 5.74) is 1.19. The molecule has 0 unspecified atom stereocenters. The Bertz CT molecular complexity index is 1050. The number of ether oxygens (including phenoxy) is 1. The molecule has 3 heterocycles. The van der Waals surface area contributed by atoms with Gasteiger partial charge in [0.1, 0.15) is 11.6 Å². The van der Waals surface area contributed by atoms with Crippen LogP contribution >= 0.6 is 0 Å². The average molecular weight is 368 g/mol. The van der Waals surface area contributed by atoms with E-state index in [2.05, 4.69) is 10.4 Å². The molecule has 142 valence electrons. The summed E-state index contributed by atoms with van der Waals surface area (Å²) < 4.78 is 8.79. The van der Waals surface area contributed by atoms with Crippen LogP contribution in [0.2, 0.25) is 0 Å². The Morgan fingerprint density at radius 2 is 2.19 bits per heavy atom. The number of para-hydroxylation sites is 1. The molecule has 2 aromatic heterocycles. The highest BCUT2D eigenvalue weighted by molar-refractivity contribution is 6.08. The van der Waals surface area contributed by atoms with Crippen LogP contribution < -0.4 is 10.9 Å². The van der Waals surface area contributed by atoms with Crippen LogP contribution in [0.1, 0.15) is 32.2 Å². The highest BCUT2D eigenvalue weighted by Crippen LogP contribution is 2.30. The number of hydrogen-bond acceptors (Lipinski definition) is 4. The van der Waals surface area contributed by atoms with Gasteiger partial charge in [0.15, 0.2) is 0 Å². The van der Waals surface area contributed by atoms with E-state index in [-0.39, 0.29) is 17.6 Å². The van der Waals surface area contributed by atoms with Crippen LogP contribution in [0.25, 0.3) is 21.8 Å². The molecule has 7 nitrogen and oxygen atoms in total. The summed E-state index contributed by atoms with van der Waals surface area (Å²) in [5.74, 6) is -0.0884.